The normalized spacial score (nSPS) is 13.1. The Balaban J connectivity index is 1.17. The number of anilines is 2. The van der Waals surface area contributed by atoms with Gasteiger partial charge in [0, 0.05) is 35.3 Å². The van der Waals surface area contributed by atoms with Gasteiger partial charge in [-0.1, -0.05) is 30.8 Å². The summed E-state index contributed by atoms with van der Waals surface area (Å²) in [7, 11) is -3.61. The largest absolute Gasteiger partial charge is 0.488 e. The molecule has 11 heteroatoms. The van der Waals surface area contributed by atoms with Crippen LogP contribution in [0.4, 0.5) is 16.0 Å². The van der Waals surface area contributed by atoms with Crippen molar-refractivity contribution in [3.05, 3.63) is 114 Å². The number of halogens is 1. The molecule has 1 fully saturated rings. The lowest BCUT2D eigenvalue weighted by Gasteiger charge is -2.12. The van der Waals surface area contributed by atoms with Crippen molar-refractivity contribution in [2.24, 2.45) is 0 Å². The van der Waals surface area contributed by atoms with E-state index in [0.29, 0.717) is 35.1 Å². The lowest BCUT2D eigenvalue weighted by molar-refractivity contribution is 0.0951. The Hall–Kier alpha value is -5.03. The number of nitrogens with one attached hydrogen (secondary N) is 2. The summed E-state index contributed by atoms with van der Waals surface area (Å²) in [6, 6.07) is 21.5. The highest BCUT2D eigenvalue weighted by molar-refractivity contribution is 7.94. The Morgan fingerprint density at radius 3 is 2.48 bits per heavy atom. The molecule has 0 bridgehead atoms. The molecule has 2 N–H and O–H groups in total. The van der Waals surface area contributed by atoms with Gasteiger partial charge in [0.25, 0.3) is 5.91 Å². The molecule has 5 aromatic rings. The molecule has 9 nitrogen and oxygen atoms in total. The minimum atomic E-state index is -3.61. The van der Waals surface area contributed by atoms with Crippen LogP contribution in [-0.4, -0.2) is 35.0 Å². The molecule has 1 amide bonds. The number of amides is 1. The summed E-state index contributed by atoms with van der Waals surface area (Å²) >= 11 is 0. The zero-order chi connectivity index (χ0) is 29.3. The van der Waals surface area contributed by atoms with E-state index < -0.39 is 9.84 Å². The maximum atomic E-state index is 13.1. The van der Waals surface area contributed by atoms with E-state index in [-0.39, 0.29) is 22.7 Å². The van der Waals surface area contributed by atoms with Crippen LogP contribution in [0.2, 0.25) is 0 Å². The van der Waals surface area contributed by atoms with E-state index in [1.54, 1.807) is 34.8 Å². The van der Waals surface area contributed by atoms with Gasteiger partial charge >= 0.3 is 0 Å². The zero-order valence-electron chi connectivity index (χ0n) is 22.3. The van der Waals surface area contributed by atoms with Crippen molar-refractivity contribution in [2.75, 3.05) is 5.32 Å². The van der Waals surface area contributed by atoms with Crippen molar-refractivity contribution in [3.63, 3.8) is 0 Å². The molecule has 1 aliphatic rings. The average molecular weight is 584 g/mol. The number of carbonyl (C=O) groups is 1. The van der Waals surface area contributed by atoms with E-state index in [9.17, 15) is 17.6 Å². The van der Waals surface area contributed by atoms with Gasteiger partial charge in [-0.05, 0) is 72.5 Å². The Kier molecular flexibility index (Phi) is 7.17. The molecular formula is C31H26FN5O4S. The number of hydrogen-bond donors (Lipinski definition) is 2. The van der Waals surface area contributed by atoms with Gasteiger partial charge in [0.2, 0.25) is 5.95 Å². The molecule has 0 unspecified atom stereocenters. The molecule has 6 rings (SSSR count). The first kappa shape index (κ1) is 27.2. The molecule has 3 aromatic carbocycles. The first-order valence-corrected chi connectivity index (χ1v) is 14.8. The number of pyridine rings is 1. The molecule has 0 aliphatic heterocycles. The zero-order valence-corrected chi connectivity index (χ0v) is 23.1. The number of nitrogens with zero attached hydrogens (tertiary/aromatic N) is 3. The lowest BCUT2D eigenvalue weighted by Crippen LogP contribution is -2.22. The van der Waals surface area contributed by atoms with E-state index in [2.05, 4.69) is 27.3 Å². The molecule has 0 spiro atoms. The van der Waals surface area contributed by atoms with Crippen molar-refractivity contribution in [1.29, 1.82) is 0 Å². The molecule has 212 valence electrons. The van der Waals surface area contributed by atoms with Crippen molar-refractivity contribution < 1.29 is 22.3 Å². The van der Waals surface area contributed by atoms with Crippen molar-refractivity contribution >= 4 is 33.0 Å². The predicted octanol–water partition coefficient (Wildman–Crippen LogP) is 5.67. The van der Waals surface area contributed by atoms with E-state index in [4.69, 9.17) is 4.74 Å². The molecule has 42 heavy (non-hydrogen) atoms. The Morgan fingerprint density at radius 1 is 1.02 bits per heavy atom. The fraction of sp³-hybridized carbons (Fsp3) is 0.129. The van der Waals surface area contributed by atoms with Gasteiger partial charge in [-0.15, -0.1) is 5.10 Å². The molecule has 2 aromatic heterocycles. The first-order valence-electron chi connectivity index (χ1n) is 13.2. The lowest BCUT2D eigenvalue weighted by atomic mass is 10.1. The summed E-state index contributed by atoms with van der Waals surface area (Å²) < 4.78 is 45.3. The number of sulfone groups is 1. The van der Waals surface area contributed by atoms with Crippen LogP contribution < -0.4 is 15.4 Å². The van der Waals surface area contributed by atoms with Gasteiger partial charge in [0.05, 0.1) is 16.7 Å². The maximum absolute atomic E-state index is 13.1. The molecule has 1 saturated carbocycles. The number of rotatable bonds is 10. The number of carbonyl (C=O) groups excluding carboxylic acids is 1. The van der Waals surface area contributed by atoms with Gasteiger partial charge in [-0.25, -0.2) is 17.3 Å². The maximum Gasteiger partial charge on any atom is 0.251 e. The quantitative estimate of drug-likeness (QED) is 0.218. The van der Waals surface area contributed by atoms with Crippen LogP contribution in [-0.2, 0) is 16.4 Å². The summed E-state index contributed by atoms with van der Waals surface area (Å²) in [4.78, 5) is 17.2. The van der Waals surface area contributed by atoms with E-state index in [1.807, 2.05) is 30.5 Å². The van der Waals surface area contributed by atoms with E-state index >= 15 is 0 Å². The monoisotopic (exact) mass is 583 g/mol. The summed E-state index contributed by atoms with van der Waals surface area (Å²) in [5.74, 6) is 0.175. The van der Waals surface area contributed by atoms with Crippen LogP contribution in [0, 0.1) is 5.82 Å². The number of fused-ring (bicyclic) bond motifs is 1. The topological polar surface area (TPSA) is 115 Å². The van der Waals surface area contributed by atoms with E-state index in [0.717, 1.165) is 34.9 Å². The fourth-order valence-corrected chi connectivity index (χ4v) is 4.99. The van der Waals surface area contributed by atoms with Crippen molar-refractivity contribution in [3.8, 4) is 16.9 Å². The predicted molar refractivity (Wildman–Crippen MR) is 157 cm³/mol. The SMILES string of the molecule is C=CS(=O)(=O)c1ccc(Nc2nc3ccc(-c4ccc(C(=O)NCc5ccc(F)cc5)cc4)cn3n2)c(OC2CC2)c1. The second-order valence-electron chi connectivity index (χ2n) is 9.85. The first-order chi connectivity index (χ1) is 20.3. The summed E-state index contributed by atoms with van der Waals surface area (Å²) in [5.41, 5.74) is 4.22. The smallest absolute Gasteiger partial charge is 0.251 e. The van der Waals surface area contributed by atoms with Crippen molar-refractivity contribution in [2.45, 2.75) is 30.4 Å². The minimum Gasteiger partial charge on any atom is -0.488 e. The molecular weight excluding hydrogens is 557 g/mol. The Bertz CT molecular complexity index is 1900. The Morgan fingerprint density at radius 2 is 1.76 bits per heavy atom. The van der Waals surface area contributed by atoms with Gasteiger partial charge in [-0.2, -0.15) is 4.98 Å². The average Bonchev–Trinajstić information content (AvgIpc) is 3.73. The van der Waals surface area contributed by atoms with Crippen LogP contribution in [0.1, 0.15) is 28.8 Å². The highest BCUT2D eigenvalue weighted by Gasteiger charge is 2.26. The van der Waals surface area contributed by atoms with Gasteiger partial charge in [-0.3, -0.25) is 4.79 Å². The highest BCUT2D eigenvalue weighted by Crippen LogP contribution is 2.35. The molecule has 2 heterocycles. The van der Waals surface area contributed by atoms with Gasteiger partial charge < -0.3 is 15.4 Å². The van der Waals surface area contributed by atoms with Crippen LogP contribution in [0.5, 0.6) is 5.75 Å². The summed E-state index contributed by atoms with van der Waals surface area (Å²) in [6.45, 7) is 3.69. The number of ether oxygens (including phenoxy) is 1. The number of hydrogen-bond acceptors (Lipinski definition) is 7. The van der Waals surface area contributed by atoms with Gasteiger partial charge in [0.15, 0.2) is 15.5 Å². The second kappa shape index (κ2) is 11.1. The van der Waals surface area contributed by atoms with E-state index in [1.165, 1.54) is 24.3 Å². The summed E-state index contributed by atoms with van der Waals surface area (Å²) in [6.07, 6.45) is 3.71. The van der Waals surface area contributed by atoms with Crippen LogP contribution in [0.15, 0.2) is 102 Å². The van der Waals surface area contributed by atoms with Crippen LogP contribution in [0.25, 0.3) is 16.8 Å². The second-order valence-corrected chi connectivity index (χ2v) is 11.7. The third-order valence-electron chi connectivity index (χ3n) is 6.74. The van der Waals surface area contributed by atoms with Crippen LogP contribution >= 0.6 is 0 Å². The third-order valence-corrected chi connectivity index (χ3v) is 8.09. The number of aromatic nitrogens is 3. The molecule has 0 radical (unpaired) electrons. The molecule has 0 saturated heterocycles. The van der Waals surface area contributed by atoms with Crippen LogP contribution in [0.3, 0.4) is 0 Å². The number of benzene rings is 3. The van der Waals surface area contributed by atoms with Crippen molar-refractivity contribution in [1.82, 2.24) is 19.9 Å². The molecule has 1 aliphatic carbocycles. The summed E-state index contributed by atoms with van der Waals surface area (Å²) in [5, 5.41) is 11.4. The van der Waals surface area contributed by atoms with Gasteiger partial charge in [0.1, 0.15) is 11.6 Å². The highest BCUT2D eigenvalue weighted by atomic mass is 32.2. The fourth-order valence-electron chi connectivity index (χ4n) is 4.27. The molecule has 0 atom stereocenters. The third kappa shape index (κ3) is 6.01. The standard InChI is InChI=1S/C31H26FN5O4S/c1-2-42(39,40)26-14-15-27(28(17-26)41-25-12-13-25)34-31-35-29-16-9-23(19-37(29)36-31)21-5-7-22(8-6-21)30(38)33-18-20-3-10-24(32)11-4-20/h2-11,14-17,19,25H,1,12-13,18H2,(H,33,38)(H,34,36). The minimum absolute atomic E-state index is 0.0519. The Labute approximate surface area is 241 Å².